The molecule has 1 N–H and O–H groups in total. The minimum absolute atomic E-state index is 0.361. The smallest absolute Gasteiger partial charge is 0.309 e. The molecule has 0 heterocycles. The van der Waals surface area contributed by atoms with Gasteiger partial charge in [0.1, 0.15) is 0 Å². The number of halogens is 1. The zero-order chi connectivity index (χ0) is 13.7. The Kier molecular flexibility index (Phi) is 5.25. The first-order valence-electron chi connectivity index (χ1n) is 7.03. The van der Waals surface area contributed by atoms with E-state index in [-0.39, 0.29) is 5.41 Å². The molecular formula is C16H21IO2. The maximum absolute atomic E-state index is 11.1. The Morgan fingerprint density at radius 3 is 2.05 bits per heavy atom. The van der Waals surface area contributed by atoms with Crippen molar-refractivity contribution in [3.8, 4) is 0 Å². The van der Waals surface area contributed by atoms with Crippen molar-refractivity contribution in [3.05, 3.63) is 35.4 Å². The highest BCUT2D eigenvalue weighted by molar-refractivity contribution is 14.1. The van der Waals surface area contributed by atoms with E-state index in [1.165, 1.54) is 22.0 Å². The molecular weight excluding hydrogens is 351 g/mol. The summed E-state index contributed by atoms with van der Waals surface area (Å²) in [6, 6.07) is 8.82. The van der Waals surface area contributed by atoms with E-state index in [9.17, 15) is 4.79 Å². The van der Waals surface area contributed by atoms with Crippen LogP contribution in [-0.2, 0) is 17.6 Å². The number of carbonyl (C=O) groups is 1. The lowest BCUT2D eigenvalue weighted by Gasteiger charge is -2.09. The number of carboxylic acid groups (broad SMARTS) is 1. The van der Waals surface area contributed by atoms with Gasteiger partial charge in [0.2, 0.25) is 0 Å². The highest BCUT2D eigenvalue weighted by atomic mass is 127. The second kappa shape index (κ2) is 6.73. The van der Waals surface area contributed by atoms with Gasteiger partial charge in [-0.25, -0.2) is 0 Å². The van der Waals surface area contributed by atoms with Crippen molar-refractivity contribution in [1.82, 2.24) is 0 Å². The molecule has 2 nitrogen and oxygen atoms in total. The van der Waals surface area contributed by atoms with E-state index in [0.29, 0.717) is 0 Å². The molecule has 1 aliphatic rings. The van der Waals surface area contributed by atoms with Crippen LogP contribution in [0.2, 0.25) is 0 Å². The van der Waals surface area contributed by atoms with Gasteiger partial charge in [-0.3, -0.25) is 4.79 Å². The Hall–Kier alpha value is -0.580. The number of aliphatic carboxylic acids is 1. The zero-order valence-electron chi connectivity index (χ0n) is 11.2. The van der Waals surface area contributed by atoms with Gasteiger partial charge in [0.05, 0.1) is 5.41 Å². The number of hydrogen-bond donors (Lipinski definition) is 1. The van der Waals surface area contributed by atoms with Crippen LogP contribution in [0.4, 0.5) is 0 Å². The lowest BCUT2D eigenvalue weighted by atomic mass is 9.96. The third-order valence-electron chi connectivity index (χ3n) is 4.05. The molecule has 0 aliphatic heterocycles. The van der Waals surface area contributed by atoms with Crippen LogP contribution in [0.5, 0.6) is 0 Å². The summed E-state index contributed by atoms with van der Waals surface area (Å²) in [5.41, 5.74) is 2.38. The van der Waals surface area contributed by atoms with Crippen LogP contribution in [-0.4, -0.2) is 15.5 Å². The molecule has 0 aromatic heterocycles. The lowest BCUT2D eigenvalue weighted by molar-refractivity contribution is -0.143. The molecule has 0 saturated heterocycles. The van der Waals surface area contributed by atoms with Crippen LogP contribution in [0, 0.1) is 5.41 Å². The van der Waals surface area contributed by atoms with Crippen LogP contribution in [0.1, 0.15) is 43.2 Å². The minimum Gasteiger partial charge on any atom is -0.481 e. The Labute approximate surface area is 128 Å². The molecule has 1 aromatic carbocycles. The molecule has 0 bridgehead atoms. The molecule has 1 saturated carbocycles. The second-order valence-electron chi connectivity index (χ2n) is 5.55. The highest BCUT2D eigenvalue weighted by Crippen LogP contribution is 2.49. The van der Waals surface area contributed by atoms with Crippen LogP contribution in [0.25, 0.3) is 0 Å². The fourth-order valence-corrected chi connectivity index (χ4v) is 2.88. The molecule has 0 atom stereocenters. The van der Waals surface area contributed by atoms with Crippen molar-refractivity contribution in [1.29, 1.82) is 0 Å². The molecule has 2 rings (SSSR count). The molecule has 0 radical (unpaired) electrons. The predicted octanol–water partition coefficient (Wildman–Crippen LogP) is 4.24. The normalized spacial score (nSPS) is 16.3. The summed E-state index contributed by atoms with van der Waals surface area (Å²) < 4.78 is 1.21. The van der Waals surface area contributed by atoms with Crippen molar-refractivity contribution in [2.75, 3.05) is 4.43 Å². The van der Waals surface area contributed by atoms with E-state index < -0.39 is 5.97 Å². The number of benzene rings is 1. The Morgan fingerprint density at radius 1 is 1.11 bits per heavy atom. The quantitative estimate of drug-likeness (QED) is 0.548. The third kappa shape index (κ3) is 4.20. The van der Waals surface area contributed by atoms with E-state index in [1.807, 2.05) is 0 Å². The first-order chi connectivity index (χ1) is 9.16. The monoisotopic (exact) mass is 372 g/mol. The zero-order valence-corrected chi connectivity index (χ0v) is 13.4. The van der Waals surface area contributed by atoms with E-state index in [2.05, 4.69) is 46.9 Å². The molecule has 1 aromatic rings. The molecule has 3 heteroatoms. The Balaban J connectivity index is 1.75. The van der Waals surface area contributed by atoms with Gasteiger partial charge in [0.25, 0.3) is 0 Å². The Morgan fingerprint density at radius 2 is 1.63 bits per heavy atom. The van der Waals surface area contributed by atoms with E-state index in [4.69, 9.17) is 5.11 Å². The molecule has 1 aliphatic carbocycles. The summed E-state index contributed by atoms with van der Waals surface area (Å²) >= 11 is 2.41. The van der Waals surface area contributed by atoms with Gasteiger partial charge in [0.15, 0.2) is 0 Å². The SMILES string of the molecule is O=C(O)C1(CCCc2ccc(CCCI)cc2)CC1. The average Bonchev–Trinajstić information content (AvgIpc) is 3.19. The Bertz CT molecular complexity index is 421. The number of hydrogen-bond acceptors (Lipinski definition) is 1. The first-order valence-corrected chi connectivity index (χ1v) is 8.56. The highest BCUT2D eigenvalue weighted by Gasteiger charge is 2.49. The molecule has 1 fully saturated rings. The molecule has 0 unspecified atom stereocenters. The average molecular weight is 372 g/mol. The fourth-order valence-electron chi connectivity index (χ4n) is 2.50. The largest absolute Gasteiger partial charge is 0.481 e. The van der Waals surface area contributed by atoms with Crippen LogP contribution >= 0.6 is 22.6 Å². The summed E-state index contributed by atoms with van der Waals surface area (Å²) in [5.74, 6) is -0.596. The maximum Gasteiger partial charge on any atom is 0.309 e. The van der Waals surface area contributed by atoms with Crippen molar-refractivity contribution in [2.24, 2.45) is 5.41 Å². The lowest BCUT2D eigenvalue weighted by Crippen LogP contribution is -2.14. The number of aryl methyl sites for hydroxylation is 2. The van der Waals surface area contributed by atoms with Crippen LogP contribution in [0.15, 0.2) is 24.3 Å². The van der Waals surface area contributed by atoms with Gasteiger partial charge < -0.3 is 5.11 Å². The maximum atomic E-state index is 11.1. The van der Waals surface area contributed by atoms with Gasteiger partial charge in [-0.05, 0) is 60.5 Å². The number of rotatable bonds is 8. The van der Waals surface area contributed by atoms with Crippen molar-refractivity contribution >= 4 is 28.6 Å². The van der Waals surface area contributed by atoms with E-state index in [0.717, 1.165) is 38.5 Å². The standard InChI is InChI=1S/C16H21IO2/c17-12-2-4-14-7-5-13(6-8-14)3-1-9-16(10-11-16)15(18)19/h5-8H,1-4,9-12H2,(H,18,19). The summed E-state index contributed by atoms with van der Waals surface area (Å²) in [7, 11) is 0. The molecule has 104 valence electrons. The molecule has 19 heavy (non-hydrogen) atoms. The van der Waals surface area contributed by atoms with Crippen molar-refractivity contribution < 1.29 is 9.90 Å². The predicted molar refractivity (Wildman–Crippen MR) is 85.9 cm³/mol. The third-order valence-corrected chi connectivity index (χ3v) is 4.81. The van der Waals surface area contributed by atoms with Gasteiger partial charge >= 0.3 is 5.97 Å². The molecule has 0 spiro atoms. The van der Waals surface area contributed by atoms with Gasteiger partial charge in [-0.2, -0.15) is 0 Å². The summed E-state index contributed by atoms with van der Waals surface area (Å²) in [5, 5.41) is 9.12. The summed E-state index contributed by atoms with van der Waals surface area (Å²) in [4.78, 5) is 11.1. The minimum atomic E-state index is -0.596. The number of alkyl halides is 1. The summed E-state index contributed by atoms with van der Waals surface area (Å²) in [6.45, 7) is 0. The van der Waals surface area contributed by atoms with Crippen LogP contribution in [0.3, 0.4) is 0 Å². The topological polar surface area (TPSA) is 37.3 Å². The molecule has 0 amide bonds. The van der Waals surface area contributed by atoms with E-state index in [1.54, 1.807) is 0 Å². The summed E-state index contributed by atoms with van der Waals surface area (Å²) in [6.07, 6.45) is 6.96. The fraction of sp³-hybridized carbons (Fsp3) is 0.562. The van der Waals surface area contributed by atoms with Gasteiger partial charge in [0, 0.05) is 0 Å². The van der Waals surface area contributed by atoms with Gasteiger partial charge in [-0.1, -0.05) is 46.9 Å². The number of carboxylic acids is 1. The van der Waals surface area contributed by atoms with Crippen molar-refractivity contribution in [2.45, 2.75) is 44.9 Å². The van der Waals surface area contributed by atoms with E-state index >= 15 is 0 Å². The second-order valence-corrected chi connectivity index (χ2v) is 6.63. The first kappa shape index (κ1) is 14.8. The van der Waals surface area contributed by atoms with Crippen molar-refractivity contribution in [3.63, 3.8) is 0 Å². The van der Waals surface area contributed by atoms with Crippen LogP contribution < -0.4 is 0 Å². The van der Waals surface area contributed by atoms with Gasteiger partial charge in [-0.15, -0.1) is 0 Å².